The van der Waals surface area contributed by atoms with Crippen LogP contribution in [-0.4, -0.2) is 36.5 Å². The van der Waals surface area contributed by atoms with Gasteiger partial charge in [-0.15, -0.1) is 11.3 Å². The minimum absolute atomic E-state index is 0.0788. The molecule has 0 aliphatic carbocycles. The molecular weight excluding hydrogens is 294 g/mol. The molecule has 20 heavy (non-hydrogen) atoms. The molecule has 2 unspecified atom stereocenters. The van der Waals surface area contributed by atoms with Gasteiger partial charge in [-0.3, -0.25) is 0 Å². The molecule has 114 valence electrons. The molecule has 1 aliphatic heterocycles. The number of aryl methyl sites for hydroxylation is 1. The molecule has 0 radical (unpaired) electrons. The molecule has 1 aromatic heterocycles. The Labute approximate surface area is 125 Å². The lowest BCUT2D eigenvalue weighted by molar-refractivity contribution is 0.147. The Morgan fingerprint density at radius 1 is 1.40 bits per heavy atom. The van der Waals surface area contributed by atoms with E-state index in [0.717, 1.165) is 30.6 Å². The number of rotatable bonds is 4. The average molecular weight is 317 g/mol. The summed E-state index contributed by atoms with van der Waals surface area (Å²) in [4.78, 5) is 1.01. The Morgan fingerprint density at radius 3 is 2.75 bits per heavy atom. The van der Waals surface area contributed by atoms with Crippen LogP contribution >= 0.6 is 11.3 Å². The third-order valence-corrected chi connectivity index (χ3v) is 7.13. The van der Waals surface area contributed by atoms with Crippen LogP contribution in [0.3, 0.4) is 0 Å². The maximum absolute atomic E-state index is 12.8. The van der Waals surface area contributed by atoms with Gasteiger partial charge in [0.1, 0.15) is 4.21 Å². The summed E-state index contributed by atoms with van der Waals surface area (Å²) in [6, 6.07) is 3.46. The van der Waals surface area contributed by atoms with Crippen molar-refractivity contribution in [3.05, 3.63) is 17.0 Å². The summed E-state index contributed by atoms with van der Waals surface area (Å²) in [5.74, 6) is 0. The standard InChI is InChI=1S/C14H23NO3S2/c1-11(16)10-13-6-4-3-5-9-15(13)20(17,18)14-8-7-12(2)19-14/h7-8,11,13,16H,3-6,9-10H2,1-2H3. The van der Waals surface area contributed by atoms with Gasteiger partial charge in [0, 0.05) is 17.5 Å². The highest BCUT2D eigenvalue weighted by Crippen LogP contribution is 2.30. The van der Waals surface area contributed by atoms with E-state index in [0.29, 0.717) is 17.2 Å². The summed E-state index contributed by atoms with van der Waals surface area (Å²) in [6.45, 7) is 4.21. The first-order chi connectivity index (χ1) is 9.41. The lowest BCUT2D eigenvalue weighted by Crippen LogP contribution is -2.41. The Hall–Kier alpha value is -0.430. The van der Waals surface area contributed by atoms with Crippen LogP contribution < -0.4 is 0 Å². The lowest BCUT2D eigenvalue weighted by atomic mass is 10.1. The molecule has 0 aromatic carbocycles. The minimum Gasteiger partial charge on any atom is -0.393 e. The van der Waals surface area contributed by atoms with E-state index in [1.54, 1.807) is 17.3 Å². The van der Waals surface area contributed by atoms with Crippen LogP contribution in [0.4, 0.5) is 0 Å². The SMILES string of the molecule is Cc1ccc(S(=O)(=O)N2CCCCCC2CC(C)O)s1. The van der Waals surface area contributed by atoms with E-state index in [1.807, 2.05) is 13.0 Å². The fourth-order valence-corrected chi connectivity index (χ4v) is 5.88. The number of aliphatic hydroxyl groups is 1. The van der Waals surface area contributed by atoms with E-state index in [-0.39, 0.29) is 6.04 Å². The van der Waals surface area contributed by atoms with Crippen LogP contribution in [0.2, 0.25) is 0 Å². The molecule has 0 amide bonds. The summed E-state index contributed by atoms with van der Waals surface area (Å²) in [5, 5.41) is 9.64. The lowest BCUT2D eigenvalue weighted by Gasteiger charge is -2.29. The van der Waals surface area contributed by atoms with E-state index in [4.69, 9.17) is 0 Å². The molecule has 4 nitrogen and oxygen atoms in total. The van der Waals surface area contributed by atoms with E-state index >= 15 is 0 Å². The van der Waals surface area contributed by atoms with Crippen molar-refractivity contribution in [2.45, 2.75) is 62.3 Å². The highest BCUT2D eigenvalue weighted by Gasteiger charge is 2.33. The highest BCUT2D eigenvalue weighted by molar-refractivity contribution is 7.91. The molecule has 1 aliphatic rings. The fourth-order valence-electron chi connectivity index (χ4n) is 2.76. The van der Waals surface area contributed by atoms with Gasteiger partial charge in [0.15, 0.2) is 0 Å². The van der Waals surface area contributed by atoms with E-state index in [2.05, 4.69) is 0 Å². The topological polar surface area (TPSA) is 57.6 Å². The van der Waals surface area contributed by atoms with Crippen molar-refractivity contribution in [2.75, 3.05) is 6.54 Å². The average Bonchev–Trinajstić information content (AvgIpc) is 2.66. The fraction of sp³-hybridized carbons (Fsp3) is 0.714. The Bertz CT molecular complexity index is 536. The molecule has 1 fully saturated rings. The van der Waals surface area contributed by atoms with Gasteiger partial charge in [-0.2, -0.15) is 4.31 Å². The van der Waals surface area contributed by atoms with Crippen molar-refractivity contribution in [1.29, 1.82) is 0 Å². The number of sulfonamides is 1. The van der Waals surface area contributed by atoms with Crippen molar-refractivity contribution in [3.8, 4) is 0 Å². The van der Waals surface area contributed by atoms with Gasteiger partial charge in [-0.05, 0) is 45.2 Å². The molecule has 1 aromatic rings. The first kappa shape index (κ1) is 15.9. The second kappa shape index (κ2) is 6.56. The van der Waals surface area contributed by atoms with Gasteiger partial charge >= 0.3 is 0 Å². The maximum Gasteiger partial charge on any atom is 0.252 e. The summed E-state index contributed by atoms with van der Waals surface area (Å²) < 4.78 is 27.6. The van der Waals surface area contributed by atoms with Crippen LogP contribution in [0.15, 0.2) is 16.3 Å². The van der Waals surface area contributed by atoms with Crippen LogP contribution in [-0.2, 0) is 10.0 Å². The first-order valence-corrected chi connectivity index (χ1v) is 9.43. The third kappa shape index (κ3) is 3.61. The Morgan fingerprint density at radius 2 is 2.15 bits per heavy atom. The maximum atomic E-state index is 12.8. The summed E-state index contributed by atoms with van der Waals surface area (Å²) in [5.41, 5.74) is 0. The smallest absolute Gasteiger partial charge is 0.252 e. The zero-order valence-electron chi connectivity index (χ0n) is 12.1. The number of aliphatic hydroxyl groups excluding tert-OH is 1. The van der Waals surface area contributed by atoms with Crippen molar-refractivity contribution < 1.29 is 13.5 Å². The normalized spacial score (nSPS) is 23.4. The molecule has 2 heterocycles. The number of thiophene rings is 1. The van der Waals surface area contributed by atoms with Gasteiger partial charge in [0.05, 0.1) is 6.10 Å². The largest absolute Gasteiger partial charge is 0.393 e. The van der Waals surface area contributed by atoms with Crippen LogP contribution in [0.25, 0.3) is 0 Å². The van der Waals surface area contributed by atoms with Gasteiger partial charge in [-0.1, -0.05) is 12.8 Å². The van der Waals surface area contributed by atoms with E-state index in [1.165, 1.54) is 11.3 Å². The van der Waals surface area contributed by atoms with Crippen LogP contribution in [0.5, 0.6) is 0 Å². The summed E-state index contributed by atoms with van der Waals surface area (Å²) in [6.07, 6.45) is 3.89. The molecule has 0 bridgehead atoms. The van der Waals surface area contributed by atoms with E-state index in [9.17, 15) is 13.5 Å². The van der Waals surface area contributed by atoms with Crippen molar-refractivity contribution in [3.63, 3.8) is 0 Å². The molecule has 1 saturated heterocycles. The number of hydrogen-bond acceptors (Lipinski definition) is 4. The predicted molar refractivity (Wildman–Crippen MR) is 81.5 cm³/mol. The monoisotopic (exact) mass is 317 g/mol. The third-order valence-electron chi connectivity index (χ3n) is 3.71. The van der Waals surface area contributed by atoms with Gasteiger partial charge in [0.2, 0.25) is 0 Å². The zero-order chi connectivity index (χ0) is 14.8. The van der Waals surface area contributed by atoms with Crippen molar-refractivity contribution >= 4 is 21.4 Å². The first-order valence-electron chi connectivity index (χ1n) is 7.17. The Balaban J connectivity index is 2.29. The number of nitrogens with zero attached hydrogens (tertiary/aromatic N) is 1. The highest BCUT2D eigenvalue weighted by atomic mass is 32.2. The molecule has 0 saturated carbocycles. The number of hydrogen-bond donors (Lipinski definition) is 1. The molecule has 2 atom stereocenters. The second-order valence-corrected chi connectivity index (χ2v) is 8.97. The molecular formula is C14H23NO3S2. The van der Waals surface area contributed by atoms with Gasteiger partial charge < -0.3 is 5.11 Å². The summed E-state index contributed by atoms with van der Waals surface area (Å²) >= 11 is 1.32. The predicted octanol–water partition coefficient (Wildman–Crippen LogP) is 2.76. The second-order valence-electron chi connectivity index (χ2n) is 5.57. The van der Waals surface area contributed by atoms with Crippen molar-refractivity contribution in [2.24, 2.45) is 0 Å². The van der Waals surface area contributed by atoms with E-state index < -0.39 is 16.1 Å². The van der Waals surface area contributed by atoms with Crippen LogP contribution in [0, 0.1) is 6.92 Å². The van der Waals surface area contributed by atoms with Gasteiger partial charge in [0.25, 0.3) is 10.0 Å². The quantitative estimate of drug-likeness (QED) is 0.929. The Kier molecular flexibility index (Phi) is 5.23. The molecule has 1 N–H and O–H groups in total. The zero-order valence-corrected chi connectivity index (χ0v) is 13.7. The van der Waals surface area contributed by atoms with Crippen LogP contribution in [0.1, 0.15) is 43.9 Å². The molecule has 2 rings (SSSR count). The minimum atomic E-state index is -3.42. The summed E-state index contributed by atoms with van der Waals surface area (Å²) in [7, 11) is -3.42. The molecule has 0 spiro atoms. The molecule has 6 heteroatoms. The van der Waals surface area contributed by atoms with Crippen molar-refractivity contribution in [1.82, 2.24) is 4.31 Å². The van der Waals surface area contributed by atoms with Gasteiger partial charge in [-0.25, -0.2) is 8.42 Å².